The van der Waals surface area contributed by atoms with Gasteiger partial charge in [-0.05, 0) is 53.1 Å². The van der Waals surface area contributed by atoms with Gasteiger partial charge in [-0.3, -0.25) is 0 Å². The summed E-state index contributed by atoms with van der Waals surface area (Å²) in [5.41, 5.74) is 11.2. The van der Waals surface area contributed by atoms with Gasteiger partial charge < -0.3 is 8.83 Å². The highest BCUT2D eigenvalue weighted by Gasteiger charge is 2.21. The van der Waals surface area contributed by atoms with Gasteiger partial charge in [0.25, 0.3) is 0 Å². The van der Waals surface area contributed by atoms with Crippen molar-refractivity contribution in [3.8, 4) is 33.5 Å². The smallest absolute Gasteiger partial charge is 0.136 e. The van der Waals surface area contributed by atoms with E-state index in [9.17, 15) is 0 Å². The number of hydrogen-bond donors (Lipinski definition) is 0. The average Bonchev–Trinajstić information content (AvgIpc) is 3.68. The van der Waals surface area contributed by atoms with Crippen molar-refractivity contribution in [3.05, 3.63) is 152 Å². The maximum absolute atomic E-state index is 6.55. The zero-order valence-electron chi connectivity index (χ0n) is 24.7. The van der Waals surface area contributed by atoms with E-state index < -0.39 is 0 Å². The summed E-state index contributed by atoms with van der Waals surface area (Å²) in [5, 5.41) is 7.88. The summed E-state index contributed by atoms with van der Waals surface area (Å²) in [6, 6.07) is 53.1. The molecule has 0 radical (unpaired) electrons. The Morgan fingerprint density at radius 3 is 1.78 bits per heavy atom. The number of nitrogens with zero attached hydrogens (tertiary/aromatic N) is 1. The van der Waals surface area contributed by atoms with Crippen LogP contribution < -0.4 is 0 Å². The highest BCUT2D eigenvalue weighted by molar-refractivity contribution is 6.27. The predicted molar refractivity (Wildman–Crippen MR) is 190 cm³/mol. The van der Waals surface area contributed by atoms with E-state index in [4.69, 9.17) is 13.8 Å². The second-order valence-corrected chi connectivity index (χ2v) is 11.9. The fourth-order valence-electron chi connectivity index (χ4n) is 7.16. The Morgan fingerprint density at radius 2 is 0.957 bits per heavy atom. The van der Waals surface area contributed by atoms with E-state index in [1.54, 1.807) is 0 Å². The average molecular weight is 588 g/mol. The van der Waals surface area contributed by atoms with Crippen molar-refractivity contribution in [3.63, 3.8) is 0 Å². The molecule has 0 saturated heterocycles. The molecular formula is C43H25NO2. The zero-order valence-corrected chi connectivity index (χ0v) is 24.7. The molecule has 0 aliphatic carbocycles. The molecule has 0 aliphatic rings. The van der Waals surface area contributed by atoms with E-state index >= 15 is 0 Å². The molecule has 0 aliphatic heterocycles. The van der Waals surface area contributed by atoms with E-state index in [-0.39, 0.29) is 0 Å². The molecule has 3 aromatic heterocycles. The largest absolute Gasteiger partial charge is 0.456 e. The van der Waals surface area contributed by atoms with Crippen LogP contribution >= 0.6 is 0 Å². The first-order chi connectivity index (χ1) is 22.8. The first-order valence-electron chi connectivity index (χ1n) is 15.5. The maximum atomic E-state index is 6.55. The SMILES string of the molecule is c1ccc(-c2nc3ccccc3c3c(-c4ccc(-c5ccc6oc7ccccc7c6c5)cc4)c4c(cc23)oc2ccccc24)cc1. The first-order valence-corrected chi connectivity index (χ1v) is 15.5. The number of hydrogen-bond acceptors (Lipinski definition) is 3. The highest BCUT2D eigenvalue weighted by Crippen LogP contribution is 2.46. The van der Waals surface area contributed by atoms with Crippen LogP contribution in [-0.2, 0) is 0 Å². The molecule has 7 aromatic carbocycles. The van der Waals surface area contributed by atoms with Crippen LogP contribution in [0.2, 0.25) is 0 Å². The van der Waals surface area contributed by atoms with Crippen molar-refractivity contribution in [2.24, 2.45) is 0 Å². The molecule has 0 unspecified atom stereocenters. The van der Waals surface area contributed by atoms with Crippen LogP contribution in [0.3, 0.4) is 0 Å². The Hall–Kier alpha value is -6.19. The molecule has 10 aromatic rings. The number of para-hydroxylation sites is 3. The van der Waals surface area contributed by atoms with Gasteiger partial charge in [0.1, 0.15) is 22.3 Å². The monoisotopic (exact) mass is 587 g/mol. The van der Waals surface area contributed by atoms with Gasteiger partial charge in [-0.1, -0.05) is 115 Å². The molecule has 3 nitrogen and oxygen atoms in total. The summed E-state index contributed by atoms with van der Waals surface area (Å²) in [6.45, 7) is 0. The van der Waals surface area contributed by atoms with Crippen molar-refractivity contribution < 1.29 is 8.83 Å². The van der Waals surface area contributed by atoms with Gasteiger partial charge in [0.2, 0.25) is 0 Å². The topological polar surface area (TPSA) is 39.2 Å². The van der Waals surface area contributed by atoms with Crippen molar-refractivity contribution >= 4 is 65.6 Å². The van der Waals surface area contributed by atoms with Gasteiger partial charge in [0, 0.05) is 48.8 Å². The van der Waals surface area contributed by atoms with E-state index in [1.807, 2.05) is 24.3 Å². The molecule has 0 atom stereocenters. The standard InChI is InChI=1S/C43H25NO2/c1-2-10-28(11-3-1)43-34-25-39-42(32-14-6-9-17-37(32)46-39)40(41(34)31-13-4-7-15-35(31)44-43)27-20-18-26(19-21-27)29-22-23-38-33(24-29)30-12-5-8-16-36(30)45-38/h1-25H. The van der Waals surface area contributed by atoms with E-state index in [0.29, 0.717) is 0 Å². The number of furan rings is 2. The van der Waals surface area contributed by atoms with Crippen molar-refractivity contribution in [1.82, 2.24) is 4.98 Å². The quantitative estimate of drug-likeness (QED) is 0.193. The molecule has 0 fully saturated rings. The summed E-state index contributed by atoms with van der Waals surface area (Å²) >= 11 is 0. The minimum Gasteiger partial charge on any atom is -0.456 e. The van der Waals surface area contributed by atoms with Crippen LogP contribution in [0.5, 0.6) is 0 Å². The normalized spacial score (nSPS) is 11.9. The minimum atomic E-state index is 0.860. The van der Waals surface area contributed by atoms with E-state index in [1.165, 1.54) is 5.39 Å². The molecule has 3 heteroatoms. The summed E-state index contributed by atoms with van der Waals surface area (Å²) in [7, 11) is 0. The van der Waals surface area contributed by atoms with Crippen LogP contribution in [0.15, 0.2) is 160 Å². The van der Waals surface area contributed by atoms with Gasteiger partial charge in [0.05, 0.1) is 11.2 Å². The Labute approximate surface area is 264 Å². The van der Waals surface area contributed by atoms with Gasteiger partial charge in [-0.25, -0.2) is 4.98 Å². The number of benzene rings is 7. The van der Waals surface area contributed by atoms with Crippen LogP contribution in [0, 0.1) is 0 Å². The summed E-state index contributed by atoms with van der Waals surface area (Å²) in [6.07, 6.45) is 0. The Bertz CT molecular complexity index is 2790. The van der Waals surface area contributed by atoms with Crippen LogP contribution in [-0.4, -0.2) is 4.98 Å². The lowest BCUT2D eigenvalue weighted by atomic mass is 9.89. The van der Waals surface area contributed by atoms with Crippen LogP contribution in [0.1, 0.15) is 0 Å². The zero-order chi connectivity index (χ0) is 30.2. The van der Waals surface area contributed by atoms with Gasteiger partial charge in [-0.2, -0.15) is 0 Å². The second-order valence-electron chi connectivity index (χ2n) is 11.9. The Balaban J connectivity index is 1.27. The molecule has 0 spiro atoms. The molecule has 0 saturated carbocycles. The van der Waals surface area contributed by atoms with Crippen molar-refractivity contribution in [2.75, 3.05) is 0 Å². The molecule has 0 N–H and O–H groups in total. The summed E-state index contributed by atoms with van der Waals surface area (Å²) < 4.78 is 12.6. The van der Waals surface area contributed by atoms with Gasteiger partial charge in [-0.15, -0.1) is 0 Å². The second kappa shape index (κ2) is 9.65. The molecule has 46 heavy (non-hydrogen) atoms. The Morgan fingerprint density at radius 1 is 0.348 bits per heavy atom. The summed E-state index contributed by atoms with van der Waals surface area (Å²) in [5.74, 6) is 0. The number of rotatable bonds is 3. The van der Waals surface area contributed by atoms with E-state index in [2.05, 4.69) is 127 Å². The third-order valence-corrected chi connectivity index (χ3v) is 9.26. The molecule has 0 bridgehead atoms. The van der Waals surface area contributed by atoms with Gasteiger partial charge in [0.15, 0.2) is 0 Å². The van der Waals surface area contributed by atoms with Crippen LogP contribution in [0.4, 0.5) is 0 Å². The third-order valence-electron chi connectivity index (χ3n) is 9.26. The molecule has 0 amide bonds. The van der Waals surface area contributed by atoms with Crippen molar-refractivity contribution in [1.29, 1.82) is 0 Å². The lowest BCUT2D eigenvalue weighted by molar-refractivity contribution is 0.669. The molecule has 214 valence electrons. The third kappa shape index (κ3) is 3.69. The molecule has 3 heterocycles. The first kappa shape index (κ1) is 25.2. The fourth-order valence-corrected chi connectivity index (χ4v) is 7.16. The molecular weight excluding hydrogens is 562 g/mol. The van der Waals surface area contributed by atoms with Crippen molar-refractivity contribution in [2.45, 2.75) is 0 Å². The Kier molecular flexibility index (Phi) is 5.28. The lowest BCUT2D eigenvalue weighted by Gasteiger charge is -2.16. The lowest BCUT2D eigenvalue weighted by Crippen LogP contribution is -1.93. The number of aromatic nitrogens is 1. The fraction of sp³-hybridized carbons (Fsp3) is 0. The van der Waals surface area contributed by atoms with Crippen LogP contribution in [0.25, 0.3) is 99.1 Å². The van der Waals surface area contributed by atoms with E-state index in [0.717, 1.165) is 93.7 Å². The maximum Gasteiger partial charge on any atom is 0.136 e. The summed E-state index contributed by atoms with van der Waals surface area (Å²) in [4.78, 5) is 5.22. The number of fused-ring (bicyclic) bond motifs is 9. The minimum absolute atomic E-state index is 0.860. The molecule has 10 rings (SSSR count). The number of pyridine rings is 1. The predicted octanol–water partition coefficient (Wildman–Crippen LogP) is 12.2. The highest BCUT2D eigenvalue weighted by atomic mass is 16.3. The van der Waals surface area contributed by atoms with Gasteiger partial charge >= 0.3 is 0 Å².